The minimum atomic E-state index is -4.17. The van der Waals surface area contributed by atoms with Gasteiger partial charge in [0.1, 0.15) is 12.6 Å². The molecule has 40 heavy (non-hydrogen) atoms. The first-order valence-electron chi connectivity index (χ1n) is 13.0. The van der Waals surface area contributed by atoms with Crippen LogP contribution in [0.2, 0.25) is 5.02 Å². The zero-order valence-corrected chi connectivity index (χ0v) is 26.5. The number of rotatable bonds is 11. The van der Waals surface area contributed by atoms with Gasteiger partial charge >= 0.3 is 0 Å². The van der Waals surface area contributed by atoms with Gasteiger partial charge in [0.15, 0.2) is 0 Å². The fraction of sp³-hybridized carbons (Fsp3) is 0.333. The van der Waals surface area contributed by atoms with Gasteiger partial charge in [-0.05, 0) is 81.6 Å². The predicted octanol–water partition coefficient (Wildman–Crippen LogP) is 6.25. The van der Waals surface area contributed by atoms with Gasteiger partial charge in [-0.1, -0.05) is 70.3 Å². The Labute approximate surface area is 250 Å². The quantitative estimate of drug-likeness (QED) is 0.267. The number of anilines is 1. The molecule has 2 unspecified atom stereocenters. The molecule has 7 nitrogen and oxygen atoms in total. The van der Waals surface area contributed by atoms with Gasteiger partial charge in [0.05, 0.1) is 10.6 Å². The van der Waals surface area contributed by atoms with Crippen molar-refractivity contribution in [2.45, 2.75) is 64.6 Å². The van der Waals surface area contributed by atoms with Crippen molar-refractivity contribution >= 4 is 55.1 Å². The minimum absolute atomic E-state index is 0.0484. The molecule has 3 aromatic carbocycles. The van der Waals surface area contributed by atoms with Crippen LogP contribution in [-0.2, 0) is 26.2 Å². The molecule has 2 amide bonds. The predicted molar refractivity (Wildman–Crippen MR) is 164 cm³/mol. The molecule has 0 saturated carbocycles. The molecule has 3 rings (SSSR count). The Morgan fingerprint density at radius 2 is 1.60 bits per heavy atom. The fourth-order valence-corrected chi connectivity index (χ4v) is 5.94. The van der Waals surface area contributed by atoms with Crippen LogP contribution in [0.4, 0.5) is 5.69 Å². The van der Waals surface area contributed by atoms with Gasteiger partial charge in [-0.3, -0.25) is 13.9 Å². The molecule has 0 radical (unpaired) electrons. The summed E-state index contributed by atoms with van der Waals surface area (Å²) in [6.45, 7) is 8.73. The van der Waals surface area contributed by atoms with Crippen molar-refractivity contribution in [1.29, 1.82) is 0 Å². The summed E-state index contributed by atoms with van der Waals surface area (Å²) in [7, 11) is -4.17. The van der Waals surface area contributed by atoms with Crippen molar-refractivity contribution in [3.05, 3.63) is 92.9 Å². The normalized spacial score (nSPS) is 12.9. The van der Waals surface area contributed by atoms with Gasteiger partial charge < -0.3 is 10.2 Å². The second-order valence-electron chi connectivity index (χ2n) is 9.90. The van der Waals surface area contributed by atoms with E-state index < -0.39 is 28.5 Å². The summed E-state index contributed by atoms with van der Waals surface area (Å²) >= 11 is 9.70. The highest BCUT2D eigenvalue weighted by Gasteiger charge is 2.33. The molecule has 3 aromatic rings. The molecule has 2 atom stereocenters. The van der Waals surface area contributed by atoms with E-state index >= 15 is 0 Å². The number of carbonyl (C=O) groups is 2. The summed E-state index contributed by atoms with van der Waals surface area (Å²) in [5.41, 5.74) is 2.63. The number of hydrogen-bond donors (Lipinski definition) is 1. The van der Waals surface area contributed by atoms with E-state index in [1.807, 2.05) is 45.0 Å². The Hall–Kier alpha value is -2.88. The Balaban J connectivity index is 2.06. The maximum atomic E-state index is 14.0. The Morgan fingerprint density at radius 1 is 0.975 bits per heavy atom. The molecule has 0 aliphatic carbocycles. The lowest BCUT2D eigenvalue weighted by molar-refractivity contribution is -0.139. The summed E-state index contributed by atoms with van der Waals surface area (Å²) in [5, 5.41) is 3.27. The van der Waals surface area contributed by atoms with Crippen molar-refractivity contribution in [2.75, 3.05) is 10.8 Å². The van der Waals surface area contributed by atoms with Crippen LogP contribution in [0, 0.1) is 13.8 Å². The Morgan fingerprint density at radius 3 is 2.20 bits per heavy atom. The summed E-state index contributed by atoms with van der Waals surface area (Å²) < 4.78 is 29.9. The fourth-order valence-electron chi connectivity index (χ4n) is 4.04. The third kappa shape index (κ3) is 7.86. The molecule has 0 bridgehead atoms. The molecule has 0 heterocycles. The maximum Gasteiger partial charge on any atom is 0.264 e. The molecule has 0 aliphatic rings. The number of sulfonamides is 1. The summed E-state index contributed by atoms with van der Waals surface area (Å²) in [6, 6.07) is 17.8. The summed E-state index contributed by atoms with van der Waals surface area (Å²) in [5.74, 6) is -0.837. The topological polar surface area (TPSA) is 86.8 Å². The van der Waals surface area contributed by atoms with E-state index in [4.69, 9.17) is 11.6 Å². The zero-order valence-electron chi connectivity index (χ0n) is 23.3. The molecular weight excluding hydrogens is 614 g/mol. The highest BCUT2D eigenvalue weighted by Crippen LogP contribution is 2.30. The lowest BCUT2D eigenvalue weighted by atomic mass is 10.1. The minimum Gasteiger partial charge on any atom is -0.352 e. The number of halogens is 2. The van der Waals surface area contributed by atoms with Gasteiger partial charge in [-0.15, -0.1) is 0 Å². The van der Waals surface area contributed by atoms with Crippen molar-refractivity contribution in [2.24, 2.45) is 0 Å². The van der Waals surface area contributed by atoms with Gasteiger partial charge in [-0.2, -0.15) is 0 Å². The number of nitrogens with one attached hydrogen (secondary N) is 1. The van der Waals surface area contributed by atoms with Crippen molar-refractivity contribution in [3.8, 4) is 0 Å². The summed E-state index contributed by atoms with van der Waals surface area (Å²) in [4.78, 5) is 28.6. The number of amides is 2. The van der Waals surface area contributed by atoms with Gasteiger partial charge in [0, 0.05) is 22.1 Å². The first-order chi connectivity index (χ1) is 18.8. The van der Waals surface area contributed by atoms with Gasteiger partial charge in [-0.25, -0.2) is 8.42 Å². The first kappa shape index (κ1) is 31.6. The number of carbonyl (C=O) groups excluding carboxylic acids is 2. The van der Waals surface area contributed by atoms with Crippen molar-refractivity contribution in [1.82, 2.24) is 10.2 Å². The van der Waals surface area contributed by atoms with E-state index in [1.54, 1.807) is 38.1 Å². The van der Waals surface area contributed by atoms with E-state index in [-0.39, 0.29) is 23.4 Å². The van der Waals surface area contributed by atoms with Crippen LogP contribution >= 0.6 is 27.5 Å². The molecule has 0 saturated heterocycles. The SMILES string of the molecule is CCC(C)NC(=O)C(C)N(Cc1ccc(Br)cc1)C(=O)CN(c1cc(Cl)ccc1C)S(=O)(=O)c1ccc(C)cc1. The average Bonchev–Trinajstić information content (AvgIpc) is 2.92. The van der Waals surface area contributed by atoms with Crippen LogP contribution < -0.4 is 9.62 Å². The molecule has 0 aliphatic heterocycles. The second-order valence-corrected chi connectivity index (χ2v) is 13.1. The van der Waals surface area contributed by atoms with Crippen molar-refractivity contribution in [3.63, 3.8) is 0 Å². The number of benzene rings is 3. The number of nitrogens with zero attached hydrogens (tertiary/aromatic N) is 2. The molecule has 214 valence electrons. The standard InChI is InChI=1S/C30H35BrClN3O4S/c1-6-22(4)33-30(37)23(5)34(18-24-10-12-25(31)13-11-24)29(36)19-35(28-17-26(32)14-9-21(28)3)40(38,39)27-15-7-20(2)8-16-27/h7-17,22-23H,6,18-19H2,1-5H3,(H,33,37). The number of aryl methyl sites for hydroxylation is 2. The van der Waals surface area contributed by atoms with Crippen LogP contribution in [-0.4, -0.2) is 43.8 Å². The summed E-state index contributed by atoms with van der Waals surface area (Å²) in [6.07, 6.45) is 0.732. The van der Waals surface area contributed by atoms with Crippen LogP contribution in [0.1, 0.15) is 43.9 Å². The molecule has 0 aromatic heterocycles. The Bertz CT molecular complexity index is 1450. The second kappa shape index (κ2) is 13.7. The van der Waals surface area contributed by atoms with Crippen LogP contribution in [0.3, 0.4) is 0 Å². The molecule has 0 spiro atoms. The van der Waals surface area contributed by atoms with E-state index in [1.165, 1.54) is 23.1 Å². The van der Waals surface area contributed by atoms with E-state index in [0.717, 1.165) is 26.3 Å². The largest absolute Gasteiger partial charge is 0.352 e. The lowest BCUT2D eigenvalue weighted by Gasteiger charge is -2.33. The Kier molecular flexibility index (Phi) is 10.8. The molecule has 0 fully saturated rings. The van der Waals surface area contributed by atoms with Gasteiger partial charge in [0.2, 0.25) is 11.8 Å². The maximum absolute atomic E-state index is 14.0. The monoisotopic (exact) mass is 647 g/mol. The third-order valence-corrected chi connectivity index (χ3v) is 9.30. The number of hydrogen-bond acceptors (Lipinski definition) is 4. The molecular formula is C30H35BrClN3O4S. The van der Waals surface area contributed by atoms with Gasteiger partial charge in [0.25, 0.3) is 10.0 Å². The zero-order chi connectivity index (χ0) is 29.6. The lowest BCUT2D eigenvalue weighted by Crippen LogP contribution is -2.52. The van der Waals surface area contributed by atoms with E-state index in [2.05, 4.69) is 21.2 Å². The average molecular weight is 649 g/mol. The molecule has 10 heteroatoms. The van der Waals surface area contributed by atoms with Crippen LogP contribution in [0.15, 0.2) is 76.1 Å². The highest BCUT2D eigenvalue weighted by molar-refractivity contribution is 9.10. The van der Waals surface area contributed by atoms with Crippen LogP contribution in [0.5, 0.6) is 0 Å². The van der Waals surface area contributed by atoms with E-state index in [0.29, 0.717) is 16.3 Å². The van der Waals surface area contributed by atoms with E-state index in [9.17, 15) is 18.0 Å². The first-order valence-corrected chi connectivity index (χ1v) is 15.6. The molecule has 1 N–H and O–H groups in total. The van der Waals surface area contributed by atoms with Crippen molar-refractivity contribution < 1.29 is 18.0 Å². The third-order valence-electron chi connectivity index (χ3n) is 6.76. The smallest absolute Gasteiger partial charge is 0.264 e. The highest BCUT2D eigenvalue weighted by atomic mass is 79.9. The van der Waals surface area contributed by atoms with Crippen LogP contribution in [0.25, 0.3) is 0 Å².